The molecule has 23 heavy (non-hydrogen) atoms. The molecule has 0 spiro atoms. The van der Waals surface area contributed by atoms with Gasteiger partial charge in [0, 0.05) is 32.0 Å². The van der Waals surface area contributed by atoms with Crippen LogP contribution in [0.15, 0.2) is 42.9 Å². The summed E-state index contributed by atoms with van der Waals surface area (Å²) in [4.78, 5) is 22.4. The second kappa shape index (κ2) is 8.27. The third kappa shape index (κ3) is 5.06. The van der Waals surface area contributed by atoms with Gasteiger partial charge in [-0.3, -0.25) is 9.78 Å². The van der Waals surface area contributed by atoms with Gasteiger partial charge in [-0.05, 0) is 49.6 Å². The topological polar surface area (TPSA) is 58.1 Å². The average molecular weight is 312 g/mol. The highest BCUT2D eigenvalue weighted by molar-refractivity contribution is 5.92. The van der Waals surface area contributed by atoms with Gasteiger partial charge in [-0.1, -0.05) is 6.92 Å². The van der Waals surface area contributed by atoms with E-state index in [0.29, 0.717) is 5.69 Å². The van der Waals surface area contributed by atoms with Crippen LogP contribution in [-0.2, 0) is 6.42 Å². The van der Waals surface area contributed by atoms with E-state index < -0.39 is 0 Å². The fourth-order valence-electron chi connectivity index (χ4n) is 2.12. The fourth-order valence-corrected chi connectivity index (χ4v) is 2.12. The summed E-state index contributed by atoms with van der Waals surface area (Å²) in [5.74, 6) is -0.120. The molecular formula is C18H24N4O. The van der Waals surface area contributed by atoms with E-state index >= 15 is 0 Å². The molecule has 1 N–H and O–H groups in total. The maximum Gasteiger partial charge on any atom is 0.270 e. The minimum atomic E-state index is -0.120. The van der Waals surface area contributed by atoms with Gasteiger partial charge in [-0.25, -0.2) is 4.98 Å². The van der Waals surface area contributed by atoms with Crippen LogP contribution in [-0.4, -0.2) is 35.5 Å². The van der Waals surface area contributed by atoms with Crippen LogP contribution >= 0.6 is 0 Å². The number of aromatic nitrogens is 2. The Morgan fingerprint density at radius 2 is 2.00 bits per heavy atom. The molecule has 0 aliphatic heterocycles. The second-order valence-electron chi connectivity index (χ2n) is 5.71. The molecule has 0 aliphatic carbocycles. The number of nitrogens with one attached hydrogen (secondary N) is 1. The van der Waals surface area contributed by atoms with Crippen molar-refractivity contribution in [3.63, 3.8) is 0 Å². The summed E-state index contributed by atoms with van der Waals surface area (Å²) >= 11 is 0. The van der Waals surface area contributed by atoms with Gasteiger partial charge in [0.1, 0.15) is 5.69 Å². The molecule has 1 atom stereocenters. The molecule has 2 aromatic heterocycles. The zero-order chi connectivity index (χ0) is 16.7. The minimum absolute atomic E-state index is 0.120. The highest BCUT2D eigenvalue weighted by Crippen LogP contribution is 2.12. The van der Waals surface area contributed by atoms with Crippen molar-refractivity contribution in [3.8, 4) is 0 Å². The summed E-state index contributed by atoms with van der Waals surface area (Å²) in [5, 5.41) is 2.92. The Bertz CT molecular complexity index is 613. The van der Waals surface area contributed by atoms with Crippen molar-refractivity contribution in [2.45, 2.75) is 32.7 Å². The van der Waals surface area contributed by atoms with Crippen LogP contribution in [0.1, 0.15) is 36.3 Å². The number of hydrogen-bond acceptors (Lipinski definition) is 4. The Morgan fingerprint density at radius 1 is 1.26 bits per heavy atom. The molecule has 0 radical (unpaired) electrons. The summed E-state index contributed by atoms with van der Waals surface area (Å²) in [7, 11) is 2.02. The van der Waals surface area contributed by atoms with E-state index in [0.717, 1.165) is 25.1 Å². The van der Waals surface area contributed by atoms with Crippen LogP contribution in [0.2, 0.25) is 0 Å². The Kier molecular flexibility index (Phi) is 6.09. The van der Waals surface area contributed by atoms with E-state index in [1.807, 2.05) is 51.5 Å². The highest BCUT2D eigenvalue weighted by atomic mass is 16.1. The fraction of sp³-hybridized carbons (Fsp3) is 0.389. The van der Waals surface area contributed by atoms with E-state index in [2.05, 4.69) is 20.2 Å². The smallest absolute Gasteiger partial charge is 0.270 e. The molecule has 2 aromatic rings. The first-order chi connectivity index (χ1) is 11.1. The van der Waals surface area contributed by atoms with E-state index in [1.165, 1.54) is 5.56 Å². The first-order valence-corrected chi connectivity index (χ1v) is 7.97. The lowest BCUT2D eigenvalue weighted by Crippen LogP contribution is -2.32. The van der Waals surface area contributed by atoms with Crippen LogP contribution in [0.25, 0.3) is 0 Å². The summed E-state index contributed by atoms with van der Waals surface area (Å²) < 4.78 is 0. The number of likely N-dealkylation sites (N-methyl/N-ethyl adjacent to an activating group) is 1. The van der Waals surface area contributed by atoms with Gasteiger partial charge in [0.05, 0.1) is 11.9 Å². The maximum absolute atomic E-state index is 12.0. The molecule has 5 nitrogen and oxygen atoms in total. The standard InChI is InChI=1S/C18H24N4O/c1-4-14(2)21-18(23)17-6-5-16(13-20-17)22(3)12-9-15-7-10-19-11-8-15/h5-8,10-11,13-14H,4,9,12H2,1-3H3,(H,21,23). The summed E-state index contributed by atoms with van der Waals surface area (Å²) in [6, 6.07) is 7.91. The third-order valence-corrected chi connectivity index (χ3v) is 3.90. The molecule has 2 heterocycles. The number of carbonyl (C=O) groups is 1. The van der Waals surface area contributed by atoms with Gasteiger partial charge in [0.15, 0.2) is 0 Å². The van der Waals surface area contributed by atoms with Crippen molar-refractivity contribution < 1.29 is 4.79 Å². The van der Waals surface area contributed by atoms with Gasteiger partial charge in [0.25, 0.3) is 5.91 Å². The monoisotopic (exact) mass is 312 g/mol. The normalized spacial score (nSPS) is 11.8. The van der Waals surface area contributed by atoms with E-state index in [-0.39, 0.29) is 11.9 Å². The van der Waals surface area contributed by atoms with Crippen LogP contribution in [0, 0.1) is 0 Å². The number of pyridine rings is 2. The van der Waals surface area contributed by atoms with Crippen LogP contribution in [0.5, 0.6) is 0 Å². The van der Waals surface area contributed by atoms with Crippen molar-refractivity contribution in [1.29, 1.82) is 0 Å². The largest absolute Gasteiger partial charge is 0.373 e. The molecule has 2 rings (SSSR count). The summed E-state index contributed by atoms with van der Waals surface area (Å²) in [6.45, 7) is 4.91. The second-order valence-corrected chi connectivity index (χ2v) is 5.71. The van der Waals surface area contributed by atoms with E-state index in [9.17, 15) is 4.79 Å². The highest BCUT2D eigenvalue weighted by Gasteiger charge is 2.10. The van der Waals surface area contributed by atoms with Crippen molar-refractivity contribution in [2.24, 2.45) is 0 Å². The minimum Gasteiger partial charge on any atom is -0.373 e. The van der Waals surface area contributed by atoms with Gasteiger partial charge >= 0.3 is 0 Å². The van der Waals surface area contributed by atoms with Crippen LogP contribution < -0.4 is 10.2 Å². The summed E-state index contributed by atoms with van der Waals surface area (Å²) in [5.41, 5.74) is 2.71. The number of anilines is 1. The van der Waals surface area contributed by atoms with Gasteiger partial charge in [-0.2, -0.15) is 0 Å². The molecule has 0 aliphatic rings. The number of nitrogens with zero attached hydrogens (tertiary/aromatic N) is 3. The molecule has 0 saturated heterocycles. The van der Waals surface area contributed by atoms with Gasteiger partial charge < -0.3 is 10.2 Å². The van der Waals surface area contributed by atoms with E-state index in [1.54, 1.807) is 12.3 Å². The van der Waals surface area contributed by atoms with Crippen molar-refractivity contribution in [3.05, 3.63) is 54.1 Å². The number of hydrogen-bond donors (Lipinski definition) is 1. The van der Waals surface area contributed by atoms with Crippen molar-refractivity contribution >= 4 is 11.6 Å². The zero-order valence-corrected chi connectivity index (χ0v) is 14.0. The lowest BCUT2D eigenvalue weighted by atomic mass is 10.2. The Balaban J connectivity index is 1.92. The number of amides is 1. The Morgan fingerprint density at radius 3 is 2.61 bits per heavy atom. The zero-order valence-electron chi connectivity index (χ0n) is 14.0. The van der Waals surface area contributed by atoms with Crippen LogP contribution in [0.4, 0.5) is 5.69 Å². The molecule has 0 saturated carbocycles. The predicted octanol–water partition coefficient (Wildman–Crippen LogP) is 2.68. The molecule has 0 aromatic carbocycles. The first kappa shape index (κ1) is 16.9. The molecule has 1 amide bonds. The number of rotatable bonds is 7. The average Bonchev–Trinajstić information content (AvgIpc) is 2.60. The SMILES string of the molecule is CCC(C)NC(=O)c1ccc(N(C)CCc2ccncc2)cn1. The molecule has 122 valence electrons. The summed E-state index contributed by atoms with van der Waals surface area (Å²) in [6.07, 6.45) is 7.21. The molecule has 5 heteroatoms. The van der Waals surface area contributed by atoms with Gasteiger partial charge in [0.2, 0.25) is 0 Å². The number of carbonyl (C=O) groups excluding carboxylic acids is 1. The molecule has 0 bridgehead atoms. The van der Waals surface area contributed by atoms with E-state index in [4.69, 9.17) is 0 Å². The predicted molar refractivity (Wildman–Crippen MR) is 92.7 cm³/mol. The Labute approximate surface area is 137 Å². The van der Waals surface area contributed by atoms with Crippen molar-refractivity contribution in [1.82, 2.24) is 15.3 Å². The quantitative estimate of drug-likeness (QED) is 0.854. The maximum atomic E-state index is 12.0. The molecule has 1 unspecified atom stereocenters. The van der Waals surface area contributed by atoms with Crippen LogP contribution in [0.3, 0.4) is 0 Å². The first-order valence-electron chi connectivity index (χ1n) is 7.97. The van der Waals surface area contributed by atoms with Crippen molar-refractivity contribution in [2.75, 3.05) is 18.5 Å². The molecular weight excluding hydrogens is 288 g/mol. The lowest BCUT2D eigenvalue weighted by molar-refractivity contribution is 0.0934. The lowest BCUT2D eigenvalue weighted by Gasteiger charge is -2.19. The van der Waals surface area contributed by atoms with Gasteiger partial charge in [-0.15, -0.1) is 0 Å². The third-order valence-electron chi connectivity index (χ3n) is 3.90. The molecule has 0 fully saturated rings. The Hall–Kier alpha value is -2.43.